The molecular weight excluding hydrogens is 224 g/mol. The van der Waals surface area contributed by atoms with Crippen molar-refractivity contribution in [2.24, 2.45) is 0 Å². The molecule has 3 rings (SSSR count). The Labute approximate surface area is 107 Å². The molecule has 1 saturated heterocycles. The summed E-state index contributed by atoms with van der Waals surface area (Å²) in [6.07, 6.45) is 6.24. The van der Waals surface area contributed by atoms with Crippen LogP contribution in [0.3, 0.4) is 0 Å². The van der Waals surface area contributed by atoms with Crippen LogP contribution in [0.25, 0.3) is 10.8 Å². The molecule has 1 unspecified atom stereocenters. The Balaban J connectivity index is 2.12. The Morgan fingerprint density at radius 2 is 2.00 bits per heavy atom. The first kappa shape index (κ1) is 11.6. The number of pyridine rings is 1. The van der Waals surface area contributed by atoms with E-state index in [-0.39, 0.29) is 0 Å². The molecule has 0 saturated carbocycles. The van der Waals surface area contributed by atoms with Gasteiger partial charge in [-0.3, -0.25) is 4.98 Å². The zero-order valence-electron chi connectivity index (χ0n) is 10.4. The number of aromatic nitrogens is 1. The van der Waals surface area contributed by atoms with Gasteiger partial charge in [-0.2, -0.15) is 0 Å². The topological polar surface area (TPSA) is 45.2 Å². The van der Waals surface area contributed by atoms with Gasteiger partial charge in [0.25, 0.3) is 0 Å². The minimum atomic E-state index is -0.739. The van der Waals surface area contributed by atoms with Crippen LogP contribution >= 0.6 is 0 Å². The average molecular weight is 242 g/mol. The van der Waals surface area contributed by atoms with Gasteiger partial charge in [0.05, 0.1) is 5.60 Å². The van der Waals surface area contributed by atoms with Gasteiger partial charge in [-0.05, 0) is 37.7 Å². The molecule has 1 aromatic heterocycles. The quantitative estimate of drug-likeness (QED) is 0.805. The van der Waals surface area contributed by atoms with Crippen molar-refractivity contribution in [3.63, 3.8) is 0 Å². The van der Waals surface area contributed by atoms with Gasteiger partial charge in [0.2, 0.25) is 0 Å². The van der Waals surface area contributed by atoms with Crippen molar-refractivity contribution >= 4 is 10.8 Å². The van der Waals surface area contributed by atoms with Gasteiger partial charge in [-0.1, -0.05) is 24.3 Å². The molecule has 1 aliphatic heterocycles. The lowest BCUT2D eigenvalue weighted by molar-refractivity contribution is 0.0252. The van der Waals surface area contributed by atoms with E-state index in [9.17, 15) is 5.11 Å². The van der Waals surface area contributed by atoms with E-state index in [2.05, 4.69) is 16.4 Å². The number of hydrogen-bond donors (Lipinski definition) is 2. The van der Waals surface area contributed by atoms with Gasteiger partial charge in [0.15, 0.2) is 0 Å². The predicted octanol–water partition coefficient (Wildman–Crippen LogP) is 2.20. The van der Waals surface area contributed by atoms with Crippen LogP contribution in [-0.2, 0) is 5.60 Å². The minimum absolute atomic E-state index is 0.739. The van der Waals surface area contributed by atoms with E-state index in [4.69, 9.17) is 0 Å². The molecular formula is C15H18N2O. The first-order chi connectivity index (χ1) is 8.80. The first-order valence-electron chi connectivity index (χ1n) is 6.56. The average Bonchev–Trinajstić information content (AvgIpc) is 2.64. The fourth-order valence-electron chi connectivity index (χ4n) is 2.81. The van der Waals surface area contributed by atoms with Gasteiger partial charge in [-0.25, -0.2) is 0 Å². The Morgan fingerprint density at radius 3 is 2.94 bits per heavy atom. The molecule has 1 aliphatic rings. The number of fused-ring (bicyclic) bond motifs is 1. The van der Waals surface area contributed by atoms with Crippen LogP contribution in [0.5, 0.6) is 0 Å². The largest absolute Gasteiger partial charge is 0.385 e. The van der Waals surface area contributed by atoms with Crippen LogP contribution < -0.4 is 5.32 Å². The lowest BCUT2D eigenvalue weighted by Gasteiger charge is -2.27. The van der Waals surface area contributed by atoms with Crippen molar-refractivity contribution in [1.29, 1.82) is 0 Å². The van der Waals surface area contributed by atoms with Gasteiger partial charge >= 0.3 is 0 Å². The summed E-state index contributed by atoms with van der Waals surface area (Å²) in [7, 11) is 0. The summed E-state index contributed by atoms with van der Waals surface area (Å²) < 4.78 is 0. The van der Waals surface area contributed by atoms with E-state index in [0.29, 0.717) is 0 Å². The lowest BCUT2D eigenvalue weighted by atomic mass is 9.85. The van der Waals surface area contributed by atoms with E-state index in [0.717, 1.165) is 48.7 Å². The Kier molecular flexibility index (Phi) is 3.02. The molecule has 94 valence electrons. The number of hydrogen-bond acceptors (Lipinski definition) is 3. The molecule has 1 fully saturated rings. The summed E-state index contributed by atoms with van der Waals surface area (Å²) in [5.41, 5.74) is 0.237. The second-order valence-electron chi connectivity index (χ2n) is 5.04. The van der Waals surface area contributed by atoms with Gasteiger partial charge in [0.1, 0.15) is 0 Å². The fraction of sp³-hybridized carbons (Fsp3) is 0.400. The number of aliphatic hydroxyl groups is 1. The lowest BCUT2D eigenvalue weighted by Crippen LogP contribution is -2.27. The summed E-state index contributed by atoms with van der Waals surface area (Å²) in [6.45, 7) is 1.85. The van der Waals surface area contributed by atoms with Crippen molar-refractivity contribution in [1.82, 2.24) is 10.3 Å². The van der Waals surface area contributed by atoms with Gasteiger partial charge < -0.3 is 10.4 Å². The molecule has 2 aromatic rings. The molecule has 2 heterocycles. The third-order valence-corrected chi connectivity index (χ3v) is 3.83. The van der Waals surface area contributed by atoms with Gasteiger partial charge in [-0.15, -0.1) is 0 Å². The molecule has 0 bridgehead atoms. The van der Waals surface area contributed by atoms with Crippen LogP contribution in [0.1, 0.15) is 24.8 Å². The van der Waals surface area contributed by atoms with E-state index in [1.807, 2.05) is 30.6 Å². The maximum Gasteiger partial charge on any atom is 0.0930 e. The van der Waals surface area contributed by atoms with Crippen LogP contribution in [0.2, 0.25) is 0 Å². The minimum Gasteiger partial charge on any atom is -0.385 e. The van der Waals surface area contributed by atoms with Crippen molar-refractivity contribution in [3.05, 3.63) is 42.2 Å². The number of benzene rings is 1. The van der Waals surface area contributed by atoms with Crippen molar-refractivity contribution in [2.75, 3.05) is 13.1 Å². The van der Waals surface area contributed by atoms with Gasteiger partial charge in [0, 0.05) is 23.3 Å². The summed E-state index contributed by atoms with van der Waals surface area (Å²) >= 11 is 0. The van der Waals surface area contributed by atoms with Crippen LogP contribution in [-0.4, -0.2) is 23.2 Å². The third kappa shape index (κ3) is 2.00. The van der Waals surface area contributed by atoms with Crippen LogP contribution in [0.15, 0.2) is 36.7 Å². The Hall–Kier alpha value is -1.45. The second kappa shape index (κ2) is 4.67. The van der Waals surface area contributed by atoms with Crippen molar-refractivity contribution in [2.45, 2.75) is 24.9 Å². The maximum absolute atomic E-state index is 10.9. The highest BCUT2D eigenvalue weighted by molar-refractivity contribution is 5.85. The summed E-state index contributed by atoms with van der Waals surface area (Å²) in [4.78, 5) is 4.28. The Bertz CT molecular complexity index is 540. The Morgan fingerprint density at radius 1 is 1.11 bits per heavy atom. The van der Waals surface area contributed by atoms with Crippen molar-refractivity contribution < 1.29 is 5.11 Å². The molecule has 0 amide bonds. The molecule has 0 spiro atoms. The SMILES string of the molecule is OC1(c2cncc3ccccc23)CCCNCC1. The molecule has 1 atom stereocenters. The van der Waals surface area contributed by atoms with E-state index >= 15 is 0 Å². The van der Waals surface area contributed by atoms with E-state index in [1.165, 1.54) is 0 Å². The number of nitrogens with one attached hydrogen (secondary N) is 1. The zero-order chi connectivity index (χ0) is 12.4. The third-order valence-electron chi connectivity index (χ3n) is 3.83. The van der Waals surface area contributed by atoms with Crippen LogP contribution in [0.4, 0.5) is 0 Å². The predicted molar refractivity (Wildman–Crippen MR) is 72.4 cm³/mol. The monoisotopic (exact) mass is 242 g/mol. The molecule has 3 nitrogen and oxygen atoms in total. The second-order valence-corrected chi connectivity index (χ2v) is 5.04. The summed E-state index contributed by atoms with van der Waals surface area (Å²) in [6, 6.07) is 8.14. The smallest absolute Gasteiger partial charge is 0.0930 e. The number of nitrogens with zero attached hydrogens (tertiary/aromatic N) is 1. The molecule has 0 aliphatic carbocycles. The highest BCUT2D eigenvalue weighted by atomic mass is 16.3. The molecule has 2 N–H and O–H groups in total. The summed E-state index contributed by atoms with van der Waals surface area (Å²) in [5, 5.41) is 16.5. The normalized spacial score (nSPS) is 24.9. The highest BCUT2D eigenvalue weighted by Crippen LogP contribution is 2.35. The van der Waals surface area contributed by atoms with E-state index in [1.54, 1.807) is 0 Å². The first-order valence-corrected chi connectivity index (χ1v) is 6.56. The molecule has 1 aromatic carbocycles. The standard InChI is InChI=1S/C15H18N2O/c18-15(6-3-8-16-9-7-15)14-11-17-10-12-4-1-2-5-13(12)14/h1-2,4-5,10-11,16,18H,3,6-9H2. The maximum atomic E-state index is 10.9. The van der Waals surface area contributed by atoms with Crippen LogP contribution in [0, 0.1) is 0 Å². The molecule has 3 heteroatoms. The highest BCUT2D eigenvalue weighted by Gasteiger charge is 2.31. The van der Waals surface area contributed by atoms with E-state index < -0.39 is 5.60 Å². The fourth-order valence-corrected chi connectivity index (χ4v) is 2.81. The molecule has 18 heavy (non-hydrogen) atoms. The zero-order valence-corrected chi connectivity index (χ0v) is 10.4. The summed E-state index contributed by atoms with van der Waals surface area (Å²) in [5.74, 6) is 0. The van der Waals surface area contributed by atoms with Crippen molar-refractivity contribution in [3.8, 4) is 0 Å². The number of rotatable bonds is 1. The molecule has 0 radical (unpaired) electrons.